The van der Waals surface area contributed by atoms with E-state index in [2.05, 4.69) is 44.8 Å². The molecule has 1 aliphatic rings. The summed E-state index contributed by atoms with van der Waals surface area (Å²) in [5.41, 5.74) is 3.33. The van der Waals surface area contributed by atoms with Gasteiger partial charge in [-0.25, -0.2) is 9.78 Å². The Kier molecular flexibility index (Phi) is 5.65. The van der Waals surface area contributed by atoms with E-state index in [0.717, 1.165) is 22.3 Å². The number of thiazole rings is 1. The lowest BCUT2D eigenvalue weighted by Crippen LogP contribution is -2.29. The van der Waals surface area contributed by atoms with Gasteiger partial charge in [-0.2, -0.15) is 0 Å². The van der Waals surface area contributed by atoms with Gasteiger partial charge in [0.1, 0.15) is 0 Å². The van der Waals surface area contributed by atoms with Gasteiger partial charge in [-0.3, -0.25) is 10.2 Å². The number of fused-ring (bicyclic) bond motifs is 1. The zero-order valence-electron chi connectivity index (χ0n) is 15.3. The van der Waals surface area contributed by atoms with Crippen LogP contribution in [0.3, 0.4) is 0 Å². The van der Waals surface area contributed by atoms with Crippen LogP contribution < -0.4 is 10.6 Å². The molecule has 0 saturated carbocycles. The standard InChI is InChI=1S/C21H24N4OS/c26-20(24-21-23-18-6-2-3-7-19(18)27-21)22-14-16-8-10-17(11-9-16)15-25-12-4-1-5-13-25/h2-3,6-11H,1,4-5,12-15H2,(H2,22,23,24,26). The average Bonchev–Trinajstić information content (AvgIpc) is 3.10. The van der Waals surface area contributed by atoms with Crippen LogP contribution in [0, 0.1) is 0 Å². The summed E-state index contributed by atoms with van der Waals surface area (Å²) in [6.07, 6.45) is 3.98. The van der Waals surface area contributed by atoms with Crippen LogP contribution in [0.5, 0.6) is 0 Å². The summed E-state index contributed by atoms with van der Waals surface area (Å²) in [6.45, 7) is 3.93. The van der Waals surface area contributed by atoms with Crippen LogP contribution in [0.1, 0.15) is 30.4 Å². The van der Waals surface area contributed by atoms with E-state index in [9.17, 15) is 4.79 Å². The number of likely N-dealkylation sites (tertiary alicyclic amines) is 1. The summed E-state index contributed by atoms with van der Waals surface area (Å²) in [6, 6.07) is 16.1. The Bertz CT molecular complexity index is 867. The molecule has 2 heterocycles. The topological polar surface area (TPSA) is 57.3 Å². The number of nitrogens with one attached hydrogen (secondary N) is 2. The highest BCUT2D eigenvalue weighted by molar-refractivity contribution is 7.22. The molecule has 1 aromatic heterocycles. The Labute approximate surface area is 163 Å². The highest BCUT2D eigenvalue weighted by Gasteiger charge is 2.10. The van der Waals surface area contributed by atoms with Gasteiger partial charge in [0.25, 0.3) is 0 Å². The molecular formula is C21H24N4OS. The van der Waals surface area contributed by atoms with Crippen LogP contribution >= 0.6 is 11.3 Å². The number of para-hydroxylation sites is 1. The molecule has 4 rings (SSSR count). The summed E-state index contributed by atoms with van der Waals surface area (Å²) in [7, 11) is 0. The zero-order valence-corrected chi connectivity index (χ0v) is 16.1. The van der Waals surface area contributed by atoms with Crippen LogP contribution in [0.4, 0.5) is 9.93 Å². The van der Waals surface area contributed by atoms with E-state index >= 15 is 0 Å². The van der Waals surface area contributed by atoms with E-state index in [-0.39, 0.29) is 6.03 Å². The van der Waals surface area contributed by atoms with Gasteiger partial charge in [0.2, 0.25) is 0 Å². The van der Waals surface area contributed by atoms with E-state index < -0.39 is 0 Å². The number of amides is 2. The monoisotopic (exact) mass is 380 g/mol. The molecule has 0 radical (unpaired) electrons. The Morgan fingerprint density at radius 3 is 2.52 bits per heavy atom. The number of piperidine rings is 1. The van der Waals surface area contributed by atoms with Gasteiger partial charge in [-0.15, -0.1) is 0 Å². The minimum atomic E-state index is -0.230. The second kappa shape index (κ2) is 8.50. The Morgan fingerprint density at radius 1 is 1.00 bits per heavy atom. The van der Waals surface area contributed by atoms with Crippen molar-refractivity contribution >= 4 is 32.7 Å². The highest BCUT2D eigenvalue weighted by atomic mass is 32.1. The van der Waals surface area contributed by atoms with Crippen molar-refractivity contribution < 1.29 is 4.79 Å². The smallest absolute Gasteiger partial charge is 0.321 e. The molecule has 0 bridgehead atoms. The number of hydrogen-bond acceptors (Lipinski definition) is 4. The van der Waals surface area contributed by atoms with E-state index in [1.54, 1.807) is 0 Å². The van der Waals surface area contributed by atoms with Crippen molar-refractivity contribution in [2.75, 3.05) is 18.4 Å². The van der Waals surface area contributed by atoms with Crippen LogP contribution in [-0.2, 0) is 13.1 Å². The van der Waals surface area contributed by atoms with Crippen molar-refractivity contribution in [2.24, 2.45) is 0 Å². The molecule has 3 aromatic rings. The lowest BCUT2D eigenvalue weighted by Gasteiger charge is -2.26. The van der Waals surface area contributed by atoms with E-state index in [4.69, 9.17) is 0 Å². The van der Waals surface area contributed by atoms with Crippen molar-refractivity contribution in [3.63, 3.8) is 0 Å². The molecule has 5 nitrogen and oxygen atoms in total. The quantitative estimate of drug-likeness (QED) is 0.680. The fourth-order valence-electron chi connectivity index (χ4n) is 3.39. The number of aromatic nitrogens is 1. The van der Waals surface area contributed by atoms with Gasteiger partial charge < -0.3 is 5.32 Å². The number of rotatable bonds is 5. The molecule has 0 spiro atoms. The summed E-state index contributed by atoms with van der Waals surface area (Å²) in [5, 5.41) is 6.33. The lowest BCUT2D eigenvalue weighted by molar-refractivity contribution is 0.221. The van der Waals surface area contributed by atoms with Crippen molar-refractivity contribution in [1.29, 1.82) is 0 Å². The van der Waals surface area contributed by atoms with Gasteiger partial charge in [-0.1, -0.05) is 54.2 Å². The Hall–Kier alpha value is -2.44. The van der Waals surface area contributed by atoms with Gasteiger partial charge in [0, 0.05) is 13.1 Å². The molecule has 27 heavy (non-hydrogen) atoms. The summed E-state index contributed by atoms with van der Waals surface area (Å²) in [5.74, 6) is 0. The predicted molar refractivity (Wildman–Crippen MR) is 111 cm³/mol. The minimum Gasteiger partial charge on any atom is -0.334 e. The minimum absolute atomic E-state index is 0.230. The maximum atomic E-state index is 12.1. The number of carbonyl (C=O) groups excluding carboxylic acids is 1. The van der Waals surface area contributed by atoms with Crippen LogP contribution in [-0.4, -0.2) is 29.0 Å². The first-order chi connectivity index (χ1) is 13.3. The fraction of sp³-hybridized carbons (Fsp3) is 0.333. The first-order valence-corrected chi connectivity index (χ1v) is 10.3. The number of benzene rings is 2. The molecule has 2 N–H and O–H groups in total. The van der Waals surface area contributed by atoms with Crippen LogP contribution in [0.25, 0.3) is 10.2 Å². The van der Waals surface area contributed by atoms with Crippen molar-refractivity contribution in [1.82, 2.24) is 15.2 Å². The normalized spacial score (nSPS) is 15.0. The van der Waals surface area contributed by atoms with Gasteiger partial charge >= 0.3 is 6.03 Å². The van der Waals surface area contributed by atoms with Crippen LogP contribution in [0.2, 0.25) is 0 Å². The average molecular weight is 381 g/mol. The molecule has 2 amide bonds. The maximum Gasteiger partial charge on any atom is 0.321 e. The van der Waals surface area contributed by atoms with Crippen molar-refractivity contribution in [3.05, 3.63) is 59.7 Å². The number of nitrogens with zero attached hydrogens (tertiary/aromatic N) is 2. The Morgan fingerprint density at radius 2 is 1.74 bits per heavy atom. The first kappa shape index (κ1) is 17.9. The molecule has 1 aliphatic heterocycles. The molecule has 1 fully saturated rings. The first-order valence-electron chi connectivity index (χ1n) is 9.47. The molecule has 0 aliphatic carbocycles. The summed E-state index contributed by atoms with van der Waals surface area (Å²) >= 11 is 1.48. The summed E-state index contributed by atoms with van der Waals surface area (Å²) in [4.78, 5) is 19.1. The third kappa shape index (κ3) is 4.84. The number of hydrogen-bond donors (Lipinski definition) is 2. The highest BCUT2D eigenvalue weighted by Crippen LogP contribution is 2.25. The van der Waals surface area contributed by atoms with E-state index in [1.165, 1.54) is 49.3 Å². The maximum absolute atomic E-state index is 12.1. The molecular weight excluding hydrogens is 356 g/mol. The molecule has 6 heteroatoms. The number of anilines is 1. The van der Waals surface area contributed by atoms with E-state index in [1.807, 2.05) is 24.3 Å². The lowest BCUT2D eigenvalue weighted by atomic mass is 10.1. The summed E-state index contributed by atoms with van der Waals surface area (Å²) < 4.78 is 1.07. The predicted octanol–water partition coefficient (Wildman–Crippen LogP) is 4.60. The second-order valence-corrected chi connectivity index (χ2v) is 7.98. The SMILES string of the molecule is O=C(NCc1ccc(CN2CCCCC2)cc1)Nc1nc2ccccc2s1. The van der Waals surface area contributed by atoms with E-state index in [0.29, 0.717) is 11.7 Å². The van der Waals surface area contributed by atoms with Crippen molar-refractivity contribution in [3.8, 4) is 0 Å². The number of carbonyl (C=O) groups is 1. The third-order valence-corrected chi connectivity index (χ3v) is 5.80. The van der Waals surface area contributed by atoms with Gasteiger partial charge in [0.05, 0.1) is 10.2 Å². The second-order valence-electron chi connectivity index (χ2n) is 6.95. The third-order valence-electron chi connectivity index (χ3n) is 4.85. The largest absolute Gasteiger partial charge is 0.334 e. The van der Waals surface area contributed by atoms with Gasteiger partial charge in [-0.05, 0) is 49.2 Å². The molecule has 2 aromatic carbocycles. The van der Waals surface area contributed by atoms with Gasteiger partial charge in [0.15, 0.2) is 5.13 Å². The van der Waals surface area contributed by atoms with Crippen molar-refractivity contribution in [2.45, 2.75) is 32.4 Å². The molecule has 1 saturated heterocycles. The fourth-order valence-corrected chi connectivity index (χ4v) is 4.25. The zero-order chi connectivity index (χ0) is 18.5. The molecule has 140 valence electrons. The molecule has 0 atom stereocenters. The number of urea groups is 1. The Balaban J connectivity index is 1.27. The molecule has 0 unspecified atom stereocenters. The van der Waals surface area contributed by atoms with Crippen LogP contribution in [0.15, 0.2) is 48.5 Å².